The van der Waals surface area contributed by atoms with Crippen molar-refractivity contribution in [3.8, 4) is 11.5 Å². The molecule has 0 saturated heterocycles. The summed E-state index contributed by atoms with van der Waals surface area (Å²) < 4.78 is 35.2. The predicted octanol–water partition coefficient (Wildman–Crippen LogP) is 10.4. The molecule has 1 amide bonds. The first-order valence-corrected chi connectivity index (χ1v) is 22.7. The molecule has 5 rings (SSSR count). The van der Waals surface area contributed by atoms with Gasteiger partial charge in [-0.15, -0.1) is 6.58 Å². The van der Waals surface area contributed by atoms with Crippen LogP contribution in [0.15, 0.2) is 71.9 Å². The largest absolute Gasteiger partial charge is 0.489 e. The maximum absolute atomic E-state index is 14.7. The standard InChI is InChI=1S/C49H71FN2O7/c1-5-8-9-10-11-12-13-14-15-26-46(55)52(4)45-34-43(51-58-7-3)40-32-36(22-18-20-29-53)39(24-19-21-30-54)47-41-33-38(56-35-37-23-16-17-25-42(37)50)27-28-44(41)59-49(45,48(40)47)57-31-6-2/h6,16-17,23,25,27-28,32-33,36,39,45,47-48,53-54H,2,5,7-15,18-22,24,26,29-31,34-35H2,1,3-4H3/t36-,39+,45-,47+,48+,49+/m0/s1. The van der Waals surface area contributed by atoms with E-state index in [1.54, 1.807) is 24.3 Å². The van der Waals surface area contributed by atoms with Crippen molar-refractivity contribution in [3.05, 3.63) is 83.7 Å². The molecule has 0 spiro atoms. The summed E-state index contributed by atoms with van der Waals surface area (Å²) in [4.78, 5) is 21.9. The lowest BCUT2D eigenvalue weighted by atomic mass is 9.55. The first kappa shape index (κ1) is 46.3. The van der Waals surface area contributed by atoms with Gasteiger partial charge in [0.2, 0.25) is 11.7 Å². The summed E-state index contributed by atoms with van der Waals surface area (Å²) in [6.45, 7) is 9.08. The highest BCUT2D eigenvalue weighted by molar-refractivity contribution is 6.03. The zero-order chi connectivity index (χ0) is 42.0. The molecule has 1 heterocycles. The van der Waals surface area contributed by atoms with Crippen molar-refractivity contribution in [2.75, 3.05) is 33.5 Å². The van der Waals surface area contributed by atoms with Gasteiger partial charge >= 0.3 is 0 Å². The Hall–Kier alpha value is -3.73. The number of likely N-dealkylation sites (N-methyl/N-ethyl adjacent to an activating group) is 1. The molecule has 2 aromatic rings. The first-order valence-electron chi connectivity index (χ1n) is 22.7. The minimum absolute atomic E-state index is 0.0442. The van der Waals surface area contributed by atoms with E-state index < -0.39 is 11.8 Å². The summed E-state index contributed by atoms with van der Waals surface area (Å²) in [5.74, 6) is -0.626. The Labute approximate surface area is 353 Å². The van der Waals surface area contributed by atoms with Gasteiger partial charge in [0.05, 0.1) is 18.2 Å². The number of rotatable bonds is 27. The molecule has 2 aromatic carbocycles. The van der Waals surface area contributed by atoms with Gasteiger partial charge in [-0.3, -0.25) is 4.79 Å². The fourth-order valence-electron chi connectivity index (χ4n) is 9.67. The molecule has 2 aliphatic carbocycles. The lowest BCUT2D eigenvalue weighted by Crippen LogP contribution is -2.69. The number of benzene rings is 2. The van der Waals surface area contributed by atoms with Crippen LogP contribution in [0.4, 0.5) is 4.39 Å². The number of fused-ring (bicyclic) bond motifs is 2. The number of hydrogen-bond donors (Lipinski definition) is 2. The highest BCUT2D eigenvalue weighted by atomic mass is 19.1. The van der Waals surface area contributed by atoms with E-state index in [1.165, 1.54) is 44.6 Å². The van der Waals surface area contributed by atoms with E-state index in [1.807, 2.05) is 37.1 Å². The topological polar surface area (TPSA) is 110 Å². The molecule has 9 nitrogen and oxygen atoms in total. The van der Waals surface area contributed by atoms with E-state index in [0.29, 0.717) is 49.4 Å². The lowest BCUT2D eigenvalue weighted by molar-refractivity contribution is -0.255. The van der Waals surface area contributed by atoms with Crippen LogP contribution in [0, 0.1) is 23.6 Å². The first-order chi connectivity index (χ1) is 28.8. The number of carbonyl (C=O) groups excluding carboxylic acids is 1. The summed E-state index contributed by atoms with van der Waals surface area (Å²) in [5.41, 5.74) is 3.21. The Morgan fingerprint density at radius 3 is 2.37 bits per heavy atom. The van der Waals surface area contributed by atoms with Gasteiger partial charge in [-0.25, -0.2) is 4.39 Å². The fourth-order valence-corrected chi connectivity index (χ4v) is 9.67. The van der Waals surface area contributed by atoms with Crippen molar-refractivity contribution < 1.29 is 38.4 Å². The molecule has 326 valence electrons. The van der Waals surface area contributed by atoms with Crippen molar-refractivity contribution in [1.82, 2.24) is 4.90 Å². The molecular formula is C49H71FN2O7. The Kier molecular flexibility index (Phi) is 18.8. The molecule has 0 aromatic heterocycles. The number of aliphatic hydroxyl groups is 2. The van der Waals surface area contributed by atoms with E-state index in [9.17, 15) is 19.4 Å². The van der Waals surface area contributed by atoms with Crippen LogP contribution in [0.5, 0.6) is 11.5 Å². The van der Waals surface area contributed by atoms with E-state index in [0.717, 1.165) is 61.8 Å². The van der Waals surface area contributed by atoms with Gasteiger partial charge in [0.25, 0.3) is 0 Å². The molecule has 3 aliphatic rings. The van der Waals surface area contributed by atoms with Gasteiger partial charge in [-0.2, -0.15) is 0 Å². The van der Waals surface area contributed by atoms with Crippen molar-refractivity contribution in [1.29, 1.82) is 0 Å². The lowest BCUT2D eigenvalue weighted by Gasteiger charge is -2.59. The minimum Gasteiger partial charge on any atom is -0.489 e. The third-order valence-electron chi connectivity index (χ3n) is 12.7. The molecule has 1 aliphatic heterocycles. The van der Waals surface area contributed by atoms with Gasteiger partial charge < -0.3 is 34.2 Å². The zero-order valence-electron chi connectivity index (χ0n) is 36.1. The Bertz CT molecular complexity index is 1680. The van der Waals surface area contributed by atoms with Crippen LogP contribution in [-0.4, -0.2) is 72.0 Å². The molecule has 10 heteroatoms. The third-order valence-corrected chi connectivity index (χ3v) is 12.7. The molecule has 2 N–H and O–H groups in total. The molecule has 0 bridgehead atoms. The number of amides is 1. The number of halogens is 1. The van der Waals surface area contributed by atoms with Crippen LogP contribution in [-0.2, 0) is 21.0 Å². The molecule has 59 heavy (non-hydrogen) atoms. The van der Waals surface area contributed by atoms with Crippen LogP contribution in [0.3, 0.4) is 0 Å². The number of aliphatic hydroxyl groups excluding tert-OH is 2. The molecular weight excluding hydrogens is 748 g/mol. The Morgan fingerprint density at radius 2 is 1.68 bits per heavy atom. The van der Waals surface area contributed by atoms with Crippen LogP contribution in [0.1, 0.15) is 140 Å². The van der Waals surface area contributed by atoms with E-state index in [2.05, 4.69) is 19.6 Å². The van der Waals surface area contributed by atoms with Crippen molar-refractivity contribution in [2.45, 2.75) is 147 Å². The van der Waals surface area contributed by atoms with Gasteiger partial charge in [-0.1, -0.05) is 107 Å². The van der Waals surface area contributed by atoms with Crippen molar-refractivity contribution in [2.24, 2.45) is 22.9 Å². The maximum atomic E-state index is 14.7. The van der Waals surface area contributed by atoms with Gasteiger partial charge in [0, 0.05) is 50.1 Å². The van der Waals surface area contributed by atoms with Crippen LogP contribution >= 0.6 is 0 Å². The molecule has 0 radical (unpaired) electrons. The van der Waals surface area contributed by atoms with Gasteiger partial charge in [-0.05, 0) is 80.7 Å². The van der Waals surface area contributed by atoms with Crippen LogP contribution in [0.2, 0.25) is 0 Å². The molecule has 0 unspecified atom stereocenters. The monoisotopic (exact) mass is 819 g/mol. The van der Waals surface area contributed by atoms with Crippen molar-refractivity contribution in [3.63, 3.8) is 0 Å². The number of nitrogens with zero attached hydrogens (tertiary/aromatic N) is 2. The number of oxime groups is 1. The highest BCUT2D eigenvalue weighted by Crippen LogP contribution is 2.61. The van der Waals surface area contributed by atoms with E-state index in [-0.39, 0.29) is 61.8 Å². The van der Waals surface area contributed by atoms with E-state index in [4.69, 9.17) is 24.2 Å². The number of ether oxygens (including phenoxy) is 3. The molecule has 1 fully saturated rings. The number of unbranched alkanes of at least 4 members (excludes halogenated alkanes) is 10. The summed E-state index contributed by atoms with van der Waals surface area (Å²) >= 11 is 0. The third kappa shape index (κ3) is 11.8. The average molecular weight is 819 g/mol. The average Bonchev–Trinajstić information content (AvgIpc) is 3.25. The summed E-state index contributed by atoms with van der Waals surface area (Å²) in [7, 11) is 1.87. The molecule has 6 atom stereocenters. The van der Waals surface area contributed by atoms with Gasteiger partial charge in [0.1, 0.15) is 36.6 Å². The Morgan fingerprint density at radius 1 is 0.966 bits per heavy atom. The zero-order valence-corrected chi connectivity index (χ0v) is 36.1. The summed E-state index contributed by atoms with van der Waals surface area (Å²) in [6.07, 6.45) is 20.2. The second kappa shape index (κ2) is 23.9. The fraction of sp³-hybridized carbons (Fsp3) is 0.633. The minimum atomic E-state index is -1.29. The second-order valence-electron chi connectivity index (χ2n) is 16.7. The number of allylic oxidation sites excluding steroid dienone is 1. The SMILES string of the molecule is C=CCO[C@@]12Oc3ccc(OCc4ccccc4F)cc3[C@H]3[C@H](CCCCO)[C@@H](CCCCO)C=C(C(=NOCC)C[C@@H]1N(C)C(=O)CCCCCCCCCCC)[C@H]32. The normalized spacial score (nSPS) is 23.8. The van der Waals surface area contributed by atoms with Gasteiger partial charge in [0.15, 0.2) is 0 Å². The second-order valence-corrected chi connectivity index (χ2v) is 16.7. The highest BCUT2D eigenvalue weighted by Gasteiger charge is 2.65. The van der Waals surface area contributed by atoms with Crippen LogP contribution < -0.4 is 9.47 Å². The maximum Gasteiger partial charge on any atom is 0.239 e. The number of hydrogen-bond acceptors (Lipinski definition) is 8. The summed E-state index contributed by atoms with van der Waals surface area (Å²) in [5, 5.41) is 24.5. The quantitative estimate of drug-likeness (QED) is 0.0525. The molecule has 1 saturated carbocycles. The number of carbonyl (C=O) groups is 1. The Balaban J connectivity index is 1.56. The predicted molar refractivity (Wildman–Crippen MR) is 232 cm³/mol. The smallest absolute Gasteiger partial charge is 0.239 e. The van der Waals surface area contributed by atoms with Crippen molar-refractivity contribution >= 4 is 11.6 Å². The van der Waals surface area contributed by atoms with Crippen LogP contribution in [0.25, 0.3) is 0 Å². The summed E-state index contributed by atoms with van der Waals surface area (Å²) in [6, 6.07) is 11.9. The van der Waals surface area contributed by atoms with E-state index >= 15 is 0 Å².